The molecule has 2 aromatic carbocycles. The zero-order valence-corrected chi connectivity index (χ0v) is 16.9. The Morgan fingerprint density at radius 2 is 2.03 bits per heavy atom. The molecule has 2 heterocycles. The summed E-state index contributed by atoms with van der Waals surface area (Å²) in [5.41, 5.74) is 1.91. The molecule has 0 aliphatic carbocycles. The third-order valence-electron chi connectivity index (χ3n) is 5.12. The van der Waals surface area contributed by atoms with Crippen molar-refractivity contribution >= 4 is 17.4 Å². The van der Waals surface area contributed by atoms with Gasteiger partial charge in [-0.05, 0) is 43.2 Å². The highest BCUT2D eigenvalue weighted by Gasteiger charge is 2.21. The van der Waals surface area contributed by atoms with Crippen molar-refractivity contribution in [3.8, 4) is 5.75 Å². The molecule has 0 spiro atoms. The zero-order chi connectivity index (χ0) is 20.6. The summed E-state index contributed by atoms with van der Waals surface area (Å²) < 4.78 is 7.59. The Bertz CT molecular complexity index is 930. The molecule has 1 atom stereocenters. The Morgan fingerprint density at radius 1 is 1.13 bits per heavy atom. The van der Waals surface area contributed by atoms with Crippen LogP contribution in [0.5, 0.6) is 5.75 Å². The summed E-state index contributed by atoms with van der Waals surface area (Å²) in [6.45, 7) is 3.01. The van der Waals surface area contributed by atoms with Crippen LogP contribution in [0.25, 0.3) is 0 Å². The van der Waals surface area contributed by atoms with Crippen LogP contribution in [0.1, 0.15) is 12.8 Å². The van der Waals surface area contributed by atoms with E-state index in [1.165, 1.54) is 5.69 Å². The van der Waals surface area contributed by atoms with Gasteiger partial charge in [-0.25, -0.2) is 4.79 Å². The molecule has 156 valence electrons. The second kappa shape index (κ2) is 9.82. The monoisotopic (exact) mass is 405 g/mol. The van der Waals surface area contributed by atoms with E-state index in [-0.39, 0.29) is 12.1 Å². The summed E-state index contributed by atoms with van der Waals surface area (Å²) in [5, 5.41) is 10.2. The van der Waals surface area contributed by atoms with Crippen molar-refractivity contribution in [2.45, 2.75) is 25.4 Å². The van der Waals surface area contributed by atoms with Gasteiger partial charge in [0.2, 0.25) is 0 Å². The second-order valence-electron chi connectivity index (χ2n) is 7.36. The van der Waals surface area contributed by atoms with E-state index in [0.717, 1.165) is 25.9 Å². The minimum Gasteiger partial charge on any atom is -0.492 e. The van der Waals surface area contributed by atoms with Gasteiger partial charge < -0.3 is 20.3 Å². The number of nitrogens with zero attached hydrogens (tertiary/aromatic N) is 3. The second-order valence-corrected chi connectivity index (χ2v) is 7.36. The van der Waals surface area contributed by atoms with Crippen LogP contribution in [0.4, 0.5) is 16.2 Å². The topological polar surface area (TPSA) is 71.4 Å². The van der Waals surface area contributed by atoms with Gasteiger partial charge in [-0.3, -0.25) is 4.68 Å². The molecule has 1 aliphatic heterocycles. The largest absolute Gasteiger partial charge is 0.492 e. The summed E-state index contributed by atoms with van der Waals surface area (Å²) in [5.74, 6) is 0.716. The number of ether oxygens (including phenoxy) is 1. The minimum absolute atomic E-state index is 0.118. The Balaban J connectivity index is 1.26. The Labute approximate surface area is 176 Å². The van der Waals surface area contributed by atoms with Gasteiger partial charge in [0.1, 0.15) is 12.4 Å². The van der Waals surface area contributed by atoms with E-state index in [1.54, 1.807) is 6.20 Å². The van der Waals surface area contributed by atoms with Crippen molar-refractivity contribution in [1.82, 2.24) is 15.1 Å². The number of hydrogen-bond acceptors (Lipinski definition) is 4. The van der Waals surface area contributed by atoms with E-state index in [2.05, 4.69) is 32.8 Å². The maximum atomic E-state index is 12.5. The number of nitrogens with one attached hydrogen (secondary N) is 2. The van der Waals surface area contributed by atoms with E-state index >= 15 is 0 Å². The summed E-state index contributed by atoms with van der Waals surface area (Å²) >= 11 is 0. The molecule has 1 aliphatic rings. The number of aromatic nitrogens is 2. The predicted octanol–water partition coefficient (Wildman–Crippen LogP) is 3.75. The van der Waals surface area contributed by atoms with Gasteiger partial charge in [-0.1, -0.05) is 24.3 Å². The summed E-state index contributed by atoms with van der Waals surface area (Å²) in [4.78, 5) is 14.8. The summed E-state index contributed by atoms with van der Waals surface area (Å²) in [6, 6.07) is 19.6. The number of carbonyl (C=O) groups excluding carboxylic acids is 1. The highest BCUT2D eigenvalue weighted by molar-refractivity contribution is 5.89. The van der Waals surface area contributed by atoms with Crippen LogP contribution in [0.3, 0.4) is 0 Å². The molecule has 30 heavy (non-hydrogen) atoms. The van der Waals surface area contributed by atoms with E-state index in [1.807, 2.05) is 59.4 Å². The quantitative estimate of drug-likeness (QED) is 0.628. The number of rotatable bonds is 7. The van der Waals surface area contributed by atoms with Gasteiger partial charge in [-0.2, -0.15) is 5.10 Å². The molecule has 2 N–H and O–H groups in total. The first-order valence-corrected chi connectivity index (χ1v) is 10.3. The first kappa shape index (κ1) is 19.8. The lowest BCUT2D eigenvalue weighted by molar-refractivity contribution is 0.246. The standard InChI is InChI=1S/C23H27N5O2/c29-23(26-20-8-5-13-27(18-20)21-9-2-1-3-10-21)25-19-7-4-11-22(17-19)30-16-15-28-14-6-12-24-28/h1-4,6-7,9-12,14,17,20H,5,8,13,15-16,18H2,(H2,25,26,29). The van der Waals surface area contributed by atoms with Gasteiger partial charge in [-0.15, -0.1) is 0 Å². The number of anilines is 2. The highest BCUT2D eigenvalue weighted by Crippen LogP contribution is 2.20. The lowest BCUT2D eigenvalue weighted by atomic mass is 10.1. The smallest absolute Gasteiger partial charge is 0.319 e. The van der Waals surface area contributed by atoms with Gasteiger partial charge >= 0.3 is 6.03 Å². The first-order valence-electron chi connectivity index (χ1n) is 10.3. The Morgan fingerprint density at radius 3 is 2.87 bits per heavy atom. The molecule has 2 amide bonds. The summed E-state index contributed by atoms with van der Waals surface area (Å²) in [7, 11) is 0. The van der Waals surface area contributed by atoms with Crippen molar-refractivity contribution in [2.75, 3.05) is 29.9 Å². The lowest BCUT2D eigenvalue weighted by Crippen LogP contribution is -2.49. The average Bonchev–Trinajstić information content (AvgIpc) is 3.28. The van der Waals surface area contributed by atoms with Crippen molar-refractivity contribution in [2.24, 2.45) is 0 Å². The van der Waals surface area contributed by atoms with Crippen molar-refractivity contribution in [1.29, 1.82) is 0 Å². The van der Waals surface area contributed by atoms with Gasteiger partial charge in [0.25, 0.3) is 0 Å². The van der Waals surface area contributed by atoms with Crippen LogP contribution >= 0.6 is 0 Å². The third-order valence-corrected chi connectivity index (χ3v) is 5.12. The molecule has 7 heteroatoms. The molecule has 7 nitrogen and oxygen atoms in total. The fourth-order valence-corrected chi connectivity index (χ4v) is 3.67. The van der Waals surface area contributed by atoms with Gasteiger partial charge in [0.15, 0.2) is 0 Å². The molecule has 0 saturated carbocycles. The van der Waals surface area contributed by atoms with Crippen LogP contribution in [0.15, 0.2) is 73.1 Å². The molecule has 1 aromatic heterocycles. The van der Waals surface area contributed by atoms with E-state index < -0.39 is 0 Å². The van der Waals surface area contributed by atoms with Crippen LogP contribution in [-0.2, 0) is 6.54 Å². The van der Waals surface area contributed by atoms with Gasteiger partial charge in [0.05, 0.1) is 6.54 Å². The van der Waals surface area contributed by atoms with E-state index in [0.29, 0.717) is 24.6 Å². The van der Waals surface area contributed by atoms with E-state index in [9.17, 15) is 4.79 Å². The molecule has 1 saturated heterocycles. The van der Waals surface area contributed by atoms with Crippen LogP contribution in [-0.4, -0.2) is 41.5 Å². The maximum Gasteiger partial charge on any atom is 0.319 e. The highest BCUT2D eigenvalue weighted by atomic mass is 16.5. The van der Waals surface area contributed by atoms with Crippen LogP contribution in [0.2, 0.25) is 0 Å². The molecule has 1 fully saturated rings. The Kier molecular flexibility index (Phi) is 6.49. The van der Waals surface area contributed by atoms with E-state index in [4.69, 9.17) is 4.74 Å². The number of urea groups is 1. The average molecular weight is 406 g/mol. The number of piperidine rings is 1. The zero-order valence-electron chi connectivity index (χ0n) is 16.9. The molecule has 1 unspecified atom stereocenters. The normalized spacial score (nSPS) is 16.1. The first-order chi connectivity index (χ1) is 14.8. The third kappa shape index (κ3) is 5.53. The van der Waals surface area contributed by atoms with Crippen molar-refractivity contribution in [3.05, 3.63) is 73.1 Å². The van der Waals surface area contributed by atoms with Crippen molar-refractivity contribution < 1.29 is 9.53 Å². The van der Waals surface area contributed by atoms with Crippen molar-refractivity contribution in [3.63, 3.8) is 0 Å². The molecule has 0 bridgehead atoms. The number of carbonyl (C=O) groups is 1. The predicted molar refractivity (Wildman–Crippen MR) is 118 cm³/mol. The fourth-order valence-electron chi connectivity index (χ4n) is 3.67. The summed E-state index contributed by atoms with van der Waals surface area (Å²) in [6.07, 6.45) is 5.68. The molecular formula is C23H27N5O2. The Hall–Kier alpha value is -3.48. The minimum atomic E-state index is -0.191. The van der Waals surface area contributed by atoms with Crippen LogP contribution < -0.4 is 20.3 Å². The lowest BCUT2D eigenvalue weighted by Gasteiger charge is -2.34. The number of benzene rings is 2. The maximum absolute atomic E-state index is 12.5. The molecular weight excluding hydrogens is 378 g/mol. The molecule has 3 aromatic rings. The SMILES string of the molecule is O=C(Nc1cccc(OCCn2cccn2)c1)NC1CCCN(c2ccccc2)C1. The fraction of sp³-hybridized carbons (Fsp3) is 0.304. The molecule has 0 radical (unpaired) electrons. The van der Waals surface area contributed by atoms with Crippen LogP contribution in [0, 0.1) is 0 Å². The van der Waals surface area contributed by atoms with Gasteiger partial charge in [0, 0.05) is 49.0 Å². The number of hydrogen-bond donors (Lipinski definition) is 2. The number of amides is 2. The molecule has 4 rings (SSSR count). The number of para-hydroxylation sites is 1.